The first-order valence-corrected chi connectivity index (χ1v) is 6.23. The Bertz CT molecular complexity index is 434. The summed E-state index contributed by atoms with van der Waals surface area (Å²) in [6, 6.07) is 6.66. The van der Waals surface area contributed by atoms with Gasteiger partial charge in [0.2, 0.25) is 0 Å². The largest absolute Gasteiger partial charge is 0.466 e. The van der Waals surface area contributed by atoms with E-state index in [9.17, 15) is 14.9 Å². The first-order valence-electron chi connectivity index (χ1n) is 6.23. The van der Waals surface area contributed by atoms with Crippen molar-refractivity contribution in [2.75, 3.05) is 19.7 Å². The van der Waals surface area contributed by atoms with E-state index in [-0.39, 0.29) is 16.6 Å². The van der Waals surface area contributed by atoms with Crippen molar-refractivity contribution in [3.8, 4) is 0 Å². The Labute approximate surface area is 111 Å². The molecule has 0 radical (unpaired) electrons. The van der Waals surface area contributed by atoms with Crippen LogP contribution in [0.15, 0.2) is 24.3 Å². The fourth-order valence-corrected chi connectivity index (χ4v) is 1.67. The molecule has 0 aliphatic rings. The highest BCUT2D eigenvalue weighted by Crippen LogP contribution is 2.17. The molecule has 0 atom stereocenters. The van der Waals surface area contributed by atoms with Gasteiger partial charge in [-0.05, 0) is 19.9 Å². The molecule has 0 bridgehead atoms. The van der Waals surface area contributed by atoms with Gasteiger partial charge in [-0.25, -0.2) is 0 Å². The number of benzene rings is 1. The molecule has 0 heterocycles. The van der Waals surface area contributed by atoms with Gasteiger partial charge in [0.15, 0.2) is 0 Å². The van der Waals surface area contributed by atoms with E-state index in [4.69, 9.17) is 4.74 Å². The van der Waals surface area contributed by atoms with Crippen LogP contribution in [0, 0.1) is 10.1 Å². The van der Waals surface area contributed by atoms with Crippen LogP contribution in [0.4, 0.5) is 5.69 Å². The Hall–Kier alpha value is -1.95. The van der Waals surface area contributed by atoms with Crippen LogP contribution in [0.5, 0.6) is 0 Å². The molecular weight excluding hydrogens is 248 g/mol. The van der Waals surface area contributed by atoms with Gasteiger partial charge in [-0.15, -0.1) is 0 Å². The fraction of sp³-hybridized carbons (Fsp3) is 0.462. The number of ether oxygens (including phenoxy) is 1. The van der Waals surface area contributed by atoms with E-state index < -0.39 is 0 Å². The average molecular weight is 266 g/mol. The Morgan fingerprint density at radius 2 is 2.11 bits per heavy atom. The number of para-hydroxylation sites is 1. The van der Waals surface area contributed by atoms with Crippen molar-refractivity contribution in [1.29, 1.82) is 0 Å². The molecule has 6 nitrogen and oxygen atoms in total. The Balaban J connectivity index is 2.30. The van der Waals surface area contributed by atoms with Crippen LogP contribution in [-0.2, 0) is 16.0 Å². The molecule has 1 aromatic rings. The van der Waals surface area contributed by atoms with Crippen molar-refractivity contribution in [2.24, 2.45) is 0 Å². The van der Waals surface area contributed by atoms with Crippen LogP contribution in [0.1, 0.15) is 18.9 Å². The molecule has 6 heteroatoms. The normalized spacial score (nSPS) is 10.2. The van der Waals surface area contributed by atoms with E-state index in [1.807, 2.05) is 0 Å². The Morgan fingerprint density at radius 1 is 1.37 bits per heavy atom. The third kappa shape index (κ3) is 5.48. The summed E-state index contributed by atoms with van der Waals surface area (Å²) in [5.41, 5.74) is 0.825. The zero-order valence-corrected chi connectivity index (χ0v) is 10.9. The molecule has 0 saturated carbocycles. The minimum atomic E-state index is -0.381. The van der Waals surface area contributed by atoms with Gasteiger partial charge in [-0.2, -0.15) is 0 Å². The van der Waals surface area contributed by atoms with Crippen molar-refractivity contribution >= 4 is 11.7 Å². The summed E-state index contributed by atoms with van der Waals surface area (Å²) in [6.45, 7) is 3.25. The molecule has 0 saturated heterocycles. The average Bonchev–Trinajstić information content (AvgIpc) is 2.39. The number of nitro groups is 1. The molecule has 19 heavy (non-hydrogen) atoms. The lowest BCUT2D eigenvalue weighted by Gasteiger charge is -2.05. The van der Waals surface area contributed by atoms with Crippen molar-refractivity contribution in [1.82, 2.24) is 5.32 Å². The number of esters is 1. The van der Waals surface area contributed by atoms with Crippen LogP contribution in [-0.4, -0.2) is 30.6 Å². The topological polar surface area (TPSA) is 81.5 Å². The van der Waals surface area contributed by atoms with Crippen molar-refractivity contribution in [3.05, 3.63) is 39.9 Å². The number of carbonyl (C=O) groups is 1. The predicted octanol–water partition coefficient (Wildman–Crippen LogP) is 1.68. The van der Waals surface area contributed by atoms with E-state index in [2.05, 4.69) is 5.32 Å². The molecule has 0 spiro atoms. The van der Waals surface area contributed by atoms with Gasteiger partial charge < -0.3 is 10.1 Å². The molecule has 0 aliphatic carbocycles. The number of hydrogen-bond acceptors (Lipinski definition) is 5. The van der Waals surface area contributed by atoms with Crippen LogP contribution in [0.3, 0.4) is 0 Å². The zero-order chi connectivity index (χ0) is 14.1. The SMILES string of the molecule is CCOC(=O)CCNCCc1ccccc1[N+](=O)[O-]. The third-order valence-electron chi connectivity index (χ3n) is 2.57. The minimum absolute atomic E-state index is 0.134. The summed E-state index contributed by atoms with van der Waals surface area (Å²) in [5.74, 6) is -0.235. The van der Waals surface area contributed by atoms with Gasteiger partial charge >= 0.3 is 5.97 Å². The third-order valence-corrected chi connectivity index (χ3v) is 2.57. The quantitative estimate of drug-likeness (QED) is 0.335. The number of hydrogen-bond donors (Lipinski definition) is 1. The van der Waals surface area contributed by atoms with E-state index in [0.29, 0.717) is 38.1 Å². The molecule has 0 aromatic heterocycles. The molecule has 104 valence electrons. The van der Waals surface area contributed by atoms with E-state index in [0.717, 1.165) is 0 Å². The Morgan fingerprint density at radius 3 is 2.79 bits per heavy atom. The maximum Gasteiger partial charge on any atom is 0.307 e. The summed E-state index contributed by atoms with van der Waals surface area (Å²) in [6.07, 6.45) is 0.866. The lowest BCUT2D eigenvalue weighted by molar-refractivity contribution is -0.385. The van der Waals surface area contributed by atoms with E-state index in [1.54, 1.807) is 25.1 Å². The number of nitrogens with one attached hydrogen (secondary N) is 1. The molecule has 0 aliphatic heterocycles. The maximum atomic E-state index is 11.1. The van der Waals surface area contributed by atoms with Gasteiger partial charge in [-0.1, -0.05) is 18.2 Å². The van der Waals surface area contributed by atoms with Crippen molar-refractivity contribution in [3.63, 3.8) is 0 Å². The lowest BCUT2D eigenvalue weighted by Crippen LogP contribution is -2.22. The molecule has 1 rings (SSSR count). The number of rotatable bonds is 8. The molecular formula is C13H18N2O4. The molecule has 1 N–H and O–H groups in total. The van der Waals surface area contributed by atoms with E-state index in [1.165, 1.54) is 6.07 Å². The first-order chi connectivity index (χ1) is 9.15. The first kappa shape index (κ1) is 15.1. The summed E-state index contributed by atoms with van der Waals surface area (Å²) in [7, 11) is 0. The fourth-order valence-electron chi connectivity index (χ4n) is 1.67. The second-order valence-corrected chi connectivity index (χ2v) is 3.94. The molecule has 0 unspecified atom stereocenters. The standard InChI is InChI=1S/C13H18N2O4/c1-2-19-13(16)8-10-14-9-7-11-5-3-4-6-12(11)15(17)18/h3-6,14H,2,7-10H2,1H3. The summed E-state index contributed by atoms with van der Waals surface area (Å²) in [5, 5.41) is 13.9. The molecule has 0 fully saturated rings. The second-order valence-electron chi connectivity index (χ2n) is 3.94. The highest BCUT2D eigenvalue weighted by atomic mass is 16.6. The lowest BCUT2D eigenvalue weighted by atomic mass is 10.1. The summed E-state index contributed by atoms with van der Waals surface area (Å²) < 4.78 is 4.79. The maximum absolute atomic E-state index is 11.1. The number of nitrogens with zero attached hydrogens (tertiary/aromatic N) is 1. The number of carbonyl (C=O) groups excluding carboxylic acids is 1. The highest BCUT2D eigenvalue weighted by Gasteiger charge is 2.11. The molecule has 1 aromatic carbocycles. The Kier molecular flexibility index (Phi) is 6.52. The monoisotopic (exact) mass is 266 g/mol. The number of nitro benzene ring substituents is 1. The van der Waals surface area contributed by atoms with Crippen LogP contribution in [0.25, 0.3) is 0 Å². The van der Waals surface area contributed by atoms with Gasteiger partial charge in [0.05, 0.1) is 18.0 Å². The van der Waals surface area contributed by atoms with Gasteiger partial charge in [0, 0.05) is 18.2 Å². The van der Waals surface area contributed by atoms with Gasteiger partial charge in [0.25, 0.3) is 5.69 Å². The zero-order valence-electron chi connectivity index (χ0n) is 10.9. The predicted molar refractivity (Wildman–Crippen MR) is 70.9 cm³/mol. The minimum Gasteiger partial charge on any atom is -0.466 e. The van der Waals surface area contributed by atoms with Crippen LogP contribution in [0.2, 0.25) is 0 Å². The smallest absolute Gasteiger partial charge is 0.307 e. The highest BCUT2D eigenvalue weighted by molar-refractivity contribution is 5.69. The summed E-state index contributed by atoms with van der Waals surface area (Å²) in [4.78, 5) is 21.5. The second kappa shape index (κ2) is 8.20. The van der Waals surface area contributed by atoms with Crippen molar-refractivity contribution < 1.29 is 14.5 Å². The van der Waals surface area contributed by atoms with Crippen LogP contribution < -0.4 is 5.32 Å². The van der Waals surface area contributed by atoms with Crippen molar-refractivity contribution in [2.45, 2.75) is 19.8 Å². The summed E-state index contributed by atoms with van der Waals surface area (Å²) >= 11 is 0. The molecule has 0 amide bonds. The van der Waals surface area contributed by atoms with Gasteiger partial charge in [0.1, 0.15) is 0 Å². The van der Waals surface area contributed by atoms with E-state index >= 15 is 0 Å². The van der Waals surface area contributed by atoms with Gasteiger partial charge in [-0.3, -0.25) is 14.9 Å². The van der Waals surface area contributed by atoms with Crippen LogP contribution >= 0.6 is 0 Å².